The summed E-state index contributed by atoms with van der Waals surface area (Å²) in [4.78, 5) is 16.1. The number of nitrogens with two attached hydrogens (primary N) is 1. The minimum absolute atomic E-state index is 0.223. The molecule has 0 aliphatic rings. The molecule has 2 aromatic rings. The molecule has 1 amide bonds. The number of rotatable bonds is 3. The molecule has 0 aromatic carbocycles. The van der Waals surface area contributed by atoms with Gasteiger partial charge in [0.1, 0.15) is 5.76 Å². The van der Waals surface area contributed by atoms with Crippen molar-refractivity contribution in [2.75, 3.05) is 6.54 Å². The quantitative estimate of drug-likeness (QED) is 0.818. The van der Waals surface area contributed by atoms with Crippen LogP contribution < -0.4 is 11.1 Å². The van der Waals surface area contributed by atoms with Crippen LogP contribution in [0.1, 0.15) is 32.9 Å². The van der Waals surface area contributed by atoms with Gasteiger partial charge in [-0.15, -0.1) is 0 Å². The lowest BCUT2D eigenvalue weighted by molar-refractivity contribution is 0.0950. The lowest BCUT2D eigenvalue weighted by Crippen LogP contribution is -2.23. The highest BCUT2D eigenvalue weighted by Gasteiger charge is 2.11. The van der Waals surface area contributed by atoms with Gasteiger partial charge in [0.2, 0.25) is 0 Å². The highest BCUT2D eigenvalue weighted by atomic mass is 16.5. The third-order valence-corrected chi connectivity index (χ3v) is 2.94. The first kappa shape index (κ1) is 14.8. The van der Waals surface area contributed by atoms with Crippen LogP contribution in [0.25, 0.3) is 0 Å². The van der Waals surface area contributed by atoms with Gasteiger partial charge in [-0.2, -0.15) is 0 Å². The lowest BCUT2D eigenvalue weighted by Gasteiger charge is -2.05. The van der Waals surface area contributed by atoms with Crippen LogP contribution >= 0.6 is 0 Å². The van der Waals surface area contributed by atoms with Crippen molar-refractivity contribution in [3.05, 3.63) is 46.6 Å². The number of carbonyl (C=O) groups is 1. The number of amides is 1. The van der Waals surface area contributed by atoms with Crippen molar-refractivity contribution in [3.63, 3.8) is 0 Å². The zero-order chi connectivity index (χ0) is 15.2. The van der Waals surface area contributed by atoms with Gasteiger partial charge in [-0.3, -0.25) is 9.78 Å². The highest BCUT2D eigenvalue weighted by molar-refractivity contribution is 5.94. The van der Waals surface area contributed by atoms with E-state index in [9.17, 15) is 4.79 Å². The standard InChI is InChI=1S/C15H16N4O2/c1-10-14(11(2)21-19-10)9-18-15(20)13-6-12(4-3-5-16)7-17-8-13/h6-8H,5,9,16H2,1-2H3,(H,18,20). The zero-order valence-corrected chi connectivity index (χ0v) is 11.9. The fourth-order valence-corrected chi connectivity index (χ4v) is 1.81. The molecule has 2 heterocycles. The number of aryl methyl sites for hydroxylation is 2. The summed E-state index contributed by atoms with van der Waals surface area (Å²) < 4.78 is 5.05. The Labute approximate surface area is 122 Å². The SMILES string of the molecule is Cc1noc(C)c1CNC(=O)c1cncc(C#CCN)c1. The Morgan fingerprint density at radius 1 is 1.43 bits per heavy atom. The number of hydrogen-bond donors (Lipinski definition) is 2. The molecule has 0 bridgehead atoms. The average molecular weight is 284 g/mol. The van der Waals surface area contributed by atoms with Gasteiger partial charge in [0.05, 0.1) is 17.8 Å². The summed E-state index contributed by atoms with van der Waals surface area (Å²) >= 11 is 0. The molecular weight excluding hydrogens is 268 g/mol. The monoisotopic (exact) mass is 284 g/mol. The van der Waals surface area contributed by atoms with Gasteiger partial charge in [0, 0.05) is 30.1 Å². The smallest absolute Gasteiger partial charge is 0.253 e. The van der Waals surface area contributed by atoms with Crippen LogP contribution in [0, 0.1) is 25.7 Å². The van der Waals surface area contributed by atoms with E-state index in [0.29, 0.717) is 23.4 Å². The third kappa shape index (κ3) is 3.68. The van der Waals surface area contributed by atoms with Gasteiger partial charge in [0.25, 0.3) is 5.91 Å². The Balaban J connectivity index is 2.07. The molecule has 21 heavy (non-hydrogen) atoms. The molecule has 3 N–H and O–H groups in total. The van der Waals surface area contributed by atoms with E-state index >= 15 is 0 Å². The number of nitrogens with one attached hydrogen (secondary N) is 1. The van der Waals surface area contributed by atoms with Crippen LogP contribution in [0.15, 0.2) is 23.0 Å². The minimum atomic E-state index is -0.223. The van der Waals surface area contributed by atoms with Gasteiger partial charge in [-0.1, -0.05) is 17.0 Å². The normalized spacial score (nSPS) is 9.86. The molecule has 2 rings (SSSR count). The number of aromatic nitrogens is 2. The Hall–Kier alpha value is -2.65. The first-order valence-electron chi connectivity index (χ1n) is 6.45. The van der Waals surface area contributed by atoms with E-state index in [1.165, 1.54) is 6.20 Å². The van der Waals surface area contributed by atoms with Crippen LogP contribution in [-0.2, 0) is 6.54 Å². The minimum Gasteiger partial charge on any atom is -0.361 e. The number of hydrogen-bond acceptors (Lipinski definition) is 5. The first-order valence-corrected chi connectivity index (χ1v) is 6.45. The second kappa shape index (κ2) is 6.68. The number of nitrogens with zero attached hydrogens (tertiary/aromatic N) is 2. The van der Waals surface area contributed by atoms with E-state index in [1.807, 2.05) is 13.8 Å². The molecule has 108 valence electrons. The van der Waals surface area contributed by atoms with Gasteiger partial charge in [-0.05, 0) is 19.9 Å². The fourth-order valence-electron chi connectivity index (χ4n) is 1.81. The molecule has 0 atom stereocenters. The van der Waals surface area contributed by atoms with Gasteiger partial charge < -0.3 is 15.6 Å². The molecule has 0 aliphatic heterocycles. The Kier molecular flexibility index (Phi) is 4.69. The maximum Gasteiger partial charge on any atom is 0.253 e. The summed E-state index contributed by atoms with van der Waals surface area (Å²) in [7, 11) is 0. The second-order valence-corrected chi connectivity index (χ2v) is 4.45. The summed E-state index contributed by atoms with van der Waals surface area (Å²) in [6.45, 7) is 4.27. The van der Waals surface area contributed by atoms with E-state index < -0.39 is 0 Å². The Morgan fingerprint density at radius 3 is 2.90 bits per heavy atom. The van der Waals surface area contributed by atoms with E-state index in [1.54, 1.807) is 12.3 Å². The van der Waals surface area contributed by atoms with Crippen LogP contribution in [0.4, 0.5) is 0 Å². The van der Waals surface area contributed by atoms with Crippen molar-refractivity contribution >= 4 is 5.91 Å². The molecule has 0 saturated heterocycles. The molecule has 0 fully saturated rings. The van der Waals surface area contributed by atoms with Crippen molar-refractivity contribution in [3.8, 4) is 11.8 Å². The predicted octanol–water partition coefficient (Wildman–Crippen LogP) is 0.927. The van der Waals surface area contributed by atoms with Crippen LogP contribution in [-0.4, -0.2) is 22.6 Å². The summed E-state index contributed by atoms with van der Waals surface area (Å²) in [5.41, 5.74) is 8.08. The van der Waals surface area contributed by atoms with Crippen molar-refractivity contribution in [2.24, 2.45) is 5.73 Å². The molecule has 2 aromatic heterocycles. The van der Waals surface area contributed by atoms with Crippen LogP contribution in [0.2, 0.25) is 0 Å². The highest BCUT2D eigenvalue weighted by Crippen LogP contribution is 2.12. The van der Waals surface area contributed by atoms with E-state index in [2.05, 4.69) is 27.3 Å². The second-order valence-electron chi connectivity index (χ2n) is 4.45. The summed E-state index contributed by atoms with van der Waals surface area (Å²) in [6.07, 6.45) is 3.09. The first-order chi connectivity index (χ1) is 10.1. The van der Waals surface area contributed by atoms with Gasteiger partial charge in [-0.25, -0.2) is 0 Å². The maximum absolute atomic E-state index is 12.1. The Bertz CT molecular complexity index is 690. The molecule has 0 saturated carbocycles. The number of pyridine rings is 1. The molecule has 6 nitrogen and oxygen atoms in total. The summed E-state index contributed by atoms with van der Waals surface area (Å²) in [5, 5.41) is 6.66. The van der Waals surface area contributed by atoms with Crippen LogP contribution in [0.3, 0.4) is 0 Å². The largest absolute Gasteiger partial charge is 0.361 e. The fraction of sp³-hybridized carbons (Fsp3) is 0.267. The summed E-state index contributed by atoms with van der Waals surface area (Å²) in [5.74, 6) is 6.05. The molecule has 6 heteroatoms. The van der Waals surface area contributed by atoms with Crippen molar-refractivity contribution < 1.29 is 9.32 Å². The molecular formula is C15H16N4O2. The summed E-state index contributed by atoms with van der Waals surface area (Å²) in [6, 6.07) is 1.68. The van der Waals surface area contributed by atoms with Crippen LogP contribution in [0.5, 0.6) is 0 Å². The average Bonchev–Trinajstić information content (AvgIpc) is 2.82. The topological polar surface area (TPSA) is 94.0 Å². The van der Waals surface area contributed by atoms with Gasteiger partial charge in [0.15, 0.2) is 0 Å². The van der Waals surface area contributed by atoms with Crippen molar-refractivity contribution in [1.29, 1.82) is 0 Å². The molecule has 0 spiro atoms. The van der Waals surface area contributed by atoms with Crippen molar-refractivity contribution in [2.45, 2.75) is 20.4 Å². The molecule has 0 unspecified atom stereocenters. The van der Waals surface area contributed by atoms with E-state index in [-0.39, 0.29) is 12.5 Å². The third-order valence-electron chi connectivity index (χ3n) is 2.94. The Morgan fingerprint density at radius 2 is 2.24 bits per heavy atom. The maximum atomic E-state index is 12.1. The van der Waals surface area contributed by atoms with Gasteiger partial charge >= 0.3 is 0 Å². The molecule has 0 aliphatic carbocycles. The van der Waals surface area contributed by atoms with E-state index in [4.69, 9.17) is 10.3 Å². The lowest BCUT2D eigenvalue weighted by atomic mass is 10.1. The van der Waals surface area contributed by atoms with Crippen molar-refractivity contribution in [1.82, 2.24) is 15.5 Å². The predicted molar refractivity (Wildman–Crippen MR) is 77.3 cm³/mol. The van der Waals surface area contributed by atoms with E-state index in [0.717, 1.165) is 11.3 Å². The molecule has 0 radical (unpaired) electrons. The number of carbonyl (C=O) groups excluding carboxylic acids is 1. The zero-order valence-electron chi connectivity index (χ0n) is 11.9.